The standard InChI is InChI=1S/C18H18FNO3/c19-14-7-9-15(10-8-14)22-12-3-6-18(21)20-11-13-23-17-5-2-1-4-16(17)20/h1-2,4-5,7-10H,3,6,11-13H2. The summed E-state index contributed by atoms with van der Waals surface area (Å²) >= 11 is 0. The fraction of sp³-hybridized carbons (Fsp3) is 0.278. The summed E-state index contributed by atoms with van der Waals surface area (Å²) in [6, 6.07) is 13.4. The highest BCUT2D eigenvalue weighted by Crippen LogP contribution is 2.31. The Morgan fingerprint density at radius 1 is 1.17 bits per heavy atom. The van der Waals surface area contributed by atoms with Crippen LogP contribution in [0.25, 0.3) is 0 Å². The molecule has 0 fully saturated rings. The van der Waals surface area contributed by atoms with Crippen LogP contribution >= 0.6 is 0 Å². The van der Waals surface area contributed by atoms with Gasteiger partial charge in [0.25, 0.3) is 0 Å². The van der Waals surface area contributed by atoms with Crippen LogP contribution in [-0.2, 0) is 4.79 Å². The summed E-state index contributed by atoms with van der Waals surface area (Å²) in [6.07, 6.45) is 1.01. The van der Waals surface area contributed by atoms with E-state index in [-0.39, 0.29) is 11.7 Å². The lowest BCUT2D eigenvalue weighted by atomic mass is 10.2. The lowest BCUT2D eigenvalue weighted by Crippen LogP contribution is -2.37. The molecule has 0 bridgehead atoms. The fourth-order valence-corrected chi connectivity index (χ4v) is 2.51. The van der Waals surface area contributed by atoms with Gasteiger partial charge in [0.05, 0.1) is 18.8 Å². The average Bonchev–Trinajstić information content (AvgIpc) is 2.59. The van der Waals surface area contributed by atoms with Crippen LogP contribution in [-0.4, -0.2) is 25.7 Å². The number of anilines is 1. The zero-order valence-electron chi connectivity index (χ0n) is 12.7. The van der Waals surface area contributed by atoms with Crippen LogP contribution in [0.3, 0.4) is 0 Å². The Balaban J connectivity index is 1.49. The van der Waals surface area contributed by atoms with Crippen molar-refractivity contribution in [1.82, 2.24) is 0 Å². The van der Waals surface area contributed by atoms with Crippen molar-refractivity contribution in [1.29, 1.82) is 0 Å². The zero-order chi connectivity index (χ0) is 16.1. The normalized spacial score (nSPS) is 13.2. The lowest BCUT2D eigenvalue weighted by Gasteiger charge is -2.29. The van der Waals surface area contributed by atoms with Crippen LogP contribution < -0.4 is 14.4 Å². The summed E-state index contributed by atoms with van der Waals surface area (Å²) in [5.41, 5.74) is 0.822. The quantitative estimate of drug-likeness (QED) is 0.794. The van der Waals surface area contributed by atoms with Gasteiger partial charge in [0.2, 0.25) is 5.91 Å². The largest absolute Gasteiger partial charge is 0.494 e. The van der Waals surface area contributed by atoms with Gasteiger partial charge in [0.15, 0.2) is 0 Å². The molecule has 0 spiro atoms. The Morgan fingerprint density at radius 2 is 1.96 bits per heavy atom. The van der Waals surface area contributed by atoms with E-state index in [1.807, 2.05) is 24.3 Å². The van der Waals surface area contributed by atoms with Gasteiger partial charge in [-0.1, -0.05) is 12.1 Å². The van der Waals surface area contributed by atoms with Gasteiger partial charge < -0.3 is 14.4 Å². The molecular formula is C18H18FNO3. The Morgan fingerprint density at radius 3 is 2.78 bits per heavy atom. The molecule has 120 valence electrons. The molecule has 23 heavy (non-hydrogen) atoms. The molecule has 0 aliphatic carbocycles. The van der Waals surface area contributed by atoms with E-state index in [9.17, 15) is 9.18 Å². The number of amides is 1. The van der Waals surface area contributed by atoms with Crippen molar-refractivity contribution in [2.24, 2.45) is 0 Å². The molecule has 4 nitrogen and oxygen atoms in total. The molecule has 3 rings (SSSR count). The molecule has 5 heteroatoms. The van der Waals surface area contributed by atoms with E-state index in [2.05, 4.69) is 0 Å². The van der Waals surface area contributed by atoms with E-state index in [1.165, 1.54) is 12.1 Å². The second kappa shape index (κ2) is 7.13. The molecule has 1 heterocycles. The van der Waals surface area contributed by atoms with Gasteiger partial charge in [-0.25, -0.2) is 4.39 Å². The topological polar surface area (TPSA) is 38.8 Å². The van der Waals surface area contributed by atoms with Crippen LogP contribution in [0.4, 0.5) is 10.1 Å². The van der Waals surface area contributed by atoms with Crippen LogP contribution in [0, 0.1) is 5.82 Å². The maximum Gasteiger partial charge on any atom is 0.227 e. The third-order valence-corrected chi connectivity index (χ3v) is 3.65. The molecule has 0 saturated carbocycles. The van der Waals surface area contributed by atoms with Crippen molar-refractivity contribution in [2.45, 2.75) is 12.8 Å². The number of rotatable bonds is 5. The summed E-state index contributed by atoms with van der Waals surface area (Å²) < 4.78 is 23.8. The molecule has 2 aromatic carbocycles. The first-order valence-corrected chi connectivity index (χ1v) is 7.64. The Bertz CT molecular complexity index is 672. The molecule has 0 N–H and O–H groups in total. The summed E-state index contributed by atoms with van der Waals surface area (Å²) in [6.45, 7) is 1.49. The van der Waals surface area contributed by atoms with Crippen molar-refractivity contribution in [3.05, 3.63) is 54.3 Å². The predicted molar refractivity (Wildman–Crippen MR) is 85.4 cm³/mol. The van der Waals surface area contributed by atoms with Crippen LogP contribution in [0.15, 0.2) is 48.5 Å². The van der Waals surface area contributed by atoms with Gasteiger partial charge >= 0.3 is 0 Å². The first kappa shape index (κ1) is 15.3. The number of benzene rings is 2. The van der Waals surface area contributed by atoms with E-state index in [4.69, 9.17) is 9.47 Å². The van der Waals surface area contributed by atoms with E-state index in [0.717, 1.165) is 11.4 Å². The van der Waals surface area contributed by atoms with Crippen LogP contribution in [0.5, 0.6) is 11.5 Å². The zero-order valence-corrected chi connectivity index (χ0v) is 12.7. The number of para-hydroxylation sites is 2. The Kier molecular flexibility index (Phi) is 4.76. The van der Waals surface area contributed by atoms with Crippen LogP contribution in [0.1, 0.15) is 12.8 Å². The summed E-state index contributed by atoms with van der Waals surface area (Å²) in [5, 5.41) is 0. The molecule has 1 amide bonds. The first-order chi connectivity index (χ1) is 11.2. The number of nitrogens with zero attached hydrogens (tertiary/aromatic N) is 1. The summed E-state index contributed by atoms with van der Waals surface area (Å²) in [4.78, 5) is 14.1. The maximum atomic E-state index is 12.8. The number of hydrogen-bond donors (Lipinski definition) is 0. The van der Waals surface area contributed by atoms with Crippen molar-refractivity contribution < 1.29 is 18.7 Å². The summed E-state index contributed by atoms with van der Waals surface area (Å²) in [5.74, 6) is 1.12. The predicted octanol–water partition coefficient (Wildman–Crippen LogP) is 3.41. The average molecular weight is 315 g/mol. The minimum atomic E-state index is -0.293. The van der Waals surface area contributed by atoms with Gasteiger partial charge in [-0.05, 0) is 42.8 Å². The second-order valence-electron chi connectivity index (χ2n) is 5.27. The third-order valence-electron chi connectivity index (χ3n) is 3.65. The Labute approximate surface area is 134 Å². The first-order valence-electron chi connectivity index (χ1n) is 7.64. The number of fused-ring (bicyclic) bond motifs is 1. The second-order valence-corrected chi connectivity index (χ2v) is 5.27. The number of halogens is 1. The minimum absolute atomic E-state index is 0.0588. The molecule has 0 saturated heterocycles. The molecule has 0 unspecified atom stereocenters. The number of carbonyl (C=O) groups excluding carboxylic acids is 1. The van der Waals surface area contributed by atoms with Gasteiger partial charge in [-0.3, -0.25) is 4.79 Å². The van der Waals surface area contributed by atoms with E-state index < -0.39 is 0 Å². The molecule has 0 atom stereocenters. The minimum Gasteiger partial charge on any atom is -0.494 e. The van der Waals surface area contributed by atoms with Gasteiger partial charge in [0, 0.05) is 6.42 Å². The lowest BCUT2D eigenvalue weighted by molar-refractivity contribution is -0.119. The van der Waals surface area contributed by atoms with Crippen molar-refractivity contribution in [3.63, 3.8) is 0 Å². The number of hydrogen-bond acceptors (Lipinski definition) is 3. The van der Waals surface area contributed by atoms with Crippen molar-refractivity contribution in [2.75, 3.05) is 24.7 Å². The molecule has 0 radical (unpaired) electrons. The molecule has 1 aliphatic heterocycles. The highest BCUT2D eigenvalue weighted by Gasteiger charge is 2.22. The van der Waals surface area contributed by atoms with E-state index in [1.54, 1.807) is 17.0 Å². The highest BCUT2D eigenvalue weighted by molar-refractivity contribution is 5.95. The molecule has 1 aliphatic rings. The summed E-state index contributed by atoms with van der Waals surface area (Å²) in [7, 11) is 0. The van der Waals surface area contributed by atoms with Crippen LogP contribution in [0.2, 0.25) is 0 Å². The fourth-order valence-electron chi connectivity index (χ4n) is 2.51. The molecule has 0 aromatic heterocycles. The monoisotopic (exact) mass is 315 g/mol. The third kappa shape index (κ3) is 3.80. The maximum absolute atomic E-state index is 12.8. The van der Waals surface area contributed by atoms with Crippen molar-refractivity contribution >= 4 is 11.6 Å². The number of carbonyl (C=O) groups is 1. The van der Waals surface area contributed by atoms with E-state index >= 15 is 0 Å². The van der Waals surface area contributed by atoms with E-state index in [0.29, 0.717) is 38.3 Å². The smallest absolute Gasteiger partial charge is 0.227 e. The molecular weight excluding hydrogens is 297 g/mol. The highest BCUT2D eigenvalue weighted by atomic mass is 19.1. The SMILES string of the molecule is O=C(CCCOc1ccc(F)cc1)N1CCOc2ccccc21. The molecule has 2 aromatic rings. The van der Waals surface area contributed by atoms with Gasteiger partial charge in [0.1, 0.15) is 23.9 Å². The Hall–Kier alpha value is -2.56. The number of ether oxygens (including phenoxy) is 2. The van der Waals surface area contributed by atoms with Gasteiger partial charge in [-0.15, -0.1) is 0 Å². The van der Waals surface area contributed by atoms with Crippen molar-refractivity contribution in [3.8, 4) is 11.5 Å². The van der Waals surface area contributed by atoms with Gasteiger partial charge in [-0.2, -0.15) is 0 Å².